The van der Waals surface area contributed by atoms with E-state index in [1.807, 2.05) is 0 Å². The molecule has 1 aromatic heterocycles. The fourth-order valence-electron chi connectivity index (χ4n) is 3.52. The molecule has 2 atom stereocenters. The van der Waals surface area contributed by atoms with Crippen molar-refractivity contribution in [1.29, 1.82) is 0 Å². The monoisotopic (exact) mass is 530 g/mol. The normalized spacial score (nSPS) is 13.0. The molecular formula is C26H28F2N4O6. The number of halogens is 2. The Balaban J connectivity index is 2.08. The van der Waals surface area contributed by atoms with Crippen LogP contribution in [-0.4, -0.2) is 74.0 Å². The Morgan fingerprint density at radius 2 is 1.63 bits per heavy atom. The topological polar surface area (TPSA) is 140 Å². The molecule has 202 valence electrons. The van der Waals surface area contributed by atoms with E-state index in [1.165, 1.54) is 65.5 Å². The van der Waals surface area contributed by atoms with E-state index in [9.17, 15) is 23.8 Å². The molecule has 12 heteroatoms. The molecule has 0 aliphatic heterocycles. The average molecular weight is 531 g/mol. The minimum Gasteiger partial charge on any atom is -0.481 e. The zero-order chi connectivity index (χ0) is 27.5. The second kappa shape index (κ2) is 14.2. The Hall–Kier alpha value is -3.84. The quantitative estimate of drug-likeness (QED) is 0.212. The van der Waals surface area contributed by atoms with Crippen molar-refractivity contribution in [2.24, 2.45) is 0 Å². The second-order valence-electron chi connectivity index (χ2n) is 8.23. The lowest BCUT2D eigenvalue weighted by Crippen LogP contribution is -2.19. The van der Waals surface area contributed by atoms with Crippen molar-refractivity contribution in [2.45, 2.75) is 31.8 Å². The number of tetrazole rings is 1. The van der Waals surface area contributed by atoms with E-state index in [4.69, 9.17) is 14.6 Å². The predicted molar refractivity (Wildman–Crippen MR) is 132 cm³/mol. The van der Waals surface area contributed by atoms with Crippen molar-refractivity contribution in [3.05, 3.63) is 89.3 Å². The molecular weight excluding hydrogens is 502 g/mol. The Kier molecular flexibility index (Phi) is 10.7. The zero-order valence-electron chi connectivity index (χ0n) is 20.6. The van der Waals surface area contributed by atoms with Gasteiger partial charge in [-0.2, -0.15) is 0 Å². The van der Waals surface area contributed by atoms with Gasteiger partial charge in [-0.25, -0.2) is 8.78 Å². The summed E-state index contributed by atoms with van der Waals surface area (Å²) in [4.78, 5) is 12.1. The van der Waals surface area contributed by atoms with Gasteiger partial charge in [-0.15, -0.1) is 15.0 Å². The number of carbonyl (C=O) groups is 1. The molecule has 0 fully saturated rings. The number of aliphatic hydroxyl groups is 2. The predicted octanol–water partition coefficient (Wildman–Crippen LogP) is 2.67. The van der Waals surface area contributed by atoms with E-state index in [0.29, 0.717) is 35.5 Å². The number of rotatable bonds is 14. The van der Waals surface area contributed by atoms with E-state index < -0.39 is 36.2 Å². The summed E-state index contributed by atoms with van der Waals surface area (Å²) in [6.45, 7) is 0.664. The van der Waals surface area contributed by atoms with Crippen LogP contribution in [0.15, 0.2) is 60.7 Å². The van der Waals surface area contributed by atoms with E-state index >= 15 is 0 Å². The van der Waals surface area contributed by atoms with Crippen molar-refractivity contribution < 1.29 is 38.4 Å². The van der Waals surface area contributed by atoms with Crippen LogP contribution in [0.1, 0.15) is 29.8 Å². The summed E-state index contributed by atoms with van der Waals surface area (Å²) in [5.41, 5.74) is 1.93. The summed E-state index contributed by atoms with van der Waals surface area (Å²) >= 11 is 0. The van der Waals surface area contributed by atoms with Gasteiger partial charge in [0.2, 0.25) is 5.82 Å². The highest BCUT2D eigenvalue weighted by Crippen LogP contribution is 2.32. The molecule has 0 bridgehead atoms. The third kappa shape index (κ3) is 8.63. The summed E-state index contributed by atoms with van der Waals surface area (Å²) in [5, 5.41) is 41.6. The second-order valence-corrected chi connectivity index (χ2v) is 8.23. The minimum absolute atomic E-state index is 0.0141. The molecule has 0 saturated heterocycles. The minimum atomic E-state index is -1.27. The van der Waals surface area contributed by atoms with E-state index in [1.54, 1.807) is 7.11 Å². The number of methoxy groups -OCH3 is 1. The zero-order valence-corrected chi connectivity index (χ0v) is 20.6. The molecule has 3 N–H and O–H groups in total. The number of carboxylic acids is 1. The largest absolute Gasteiger partial charge is 0.481 e. The highest BCUT2D eigenvalue weighted by molar-refractivity contribution is 6.00. The van der Waals surface area contributed by atoms with Gasteiger partial charge in [-0.05, 0) is 40.6 Å². The Morgan fingerprint density at radius 3 is 2.18 bits per heavy atom. The van der Waals surface area contributed by atoms with Gasteiger partial charge in [0.1, 0.15) is 11.6 Å². The highest BCUT2D eigenvalue weighted by Gasteiger charge is 2.19. The molecule has 2 unspecified atom stereocenters. The molecule has 38 heavy (non-hydrogen) atoms. The number of aliphatic carboxylic acids is 1. The molecule has 0 saturated carbocycles. The number of aliphatic hydroxyl groups excluding tert-OH is 2. The van der Waals surface area contributed by atoms with Crippen molar-refractivity contribution in [3.63, 3.8) is 0 Å². The number of aromatic nitrogens is 4. The fraction of sp³-hybridized carbons (Fsp3) is 0.308. The number of ether oxygens (including phenoxy) is 2. The van der Waals surface area contributed by atoms with E-state index in [2.05, 4.69) is 15.4 Å². The van der Waals surface area contributed by atoms with Crippen molar-refractivity contribution in [3.8, 4) is 0 Å². The van der Waals surface area contributed by atoms with Crippen LogP contribution in [0, 0.1) is 11.6 Å². The summed E-state index contributed by atoms with van der Waals surface area (Å²) in [7, 11) is 1.54. The number of carboxylic acid groups (broad SMARTS) is 1. The fourth-order valence-corrected chi connectivity index (χ4v) is 3.52. The molecule has 0 aliphatic carbocycles. The van der Waals surface area contributed by atoms with Crippen LogP contribution in [0.3, 0.4) is 0 Å². The number of allylic oxidation sites excluding steroid dienone is 2. The standard InChI is InChI=1S/C26H28F2N4O6/c1-37-12-13-38-16-32-30-26(29-31-32)23(11-10-21(33)14-22(34)15-24(35)36)25(17-2-6-19(27)7-3-17)18-4-8-20(28)9-5-18/h2-11,21-22,33-34H,12-16H2,1H3,(H,35,36)/b11-10+. The summed E-state index contributed by atoms with van der Waals surface area (Å²) in [6, 6.07) is 11.2. The maximum absolute atomic E-state index is 13.7. The van der Waals surface area contributed by atoms with Gasteiger partial charge in [0.15, 0.2) is 6.73 Å². The Morgan fingerprint density at radius 1 is 1.03 bits per heavy atom. The number of hydrogen-bond acceptors (Lipinski definition) is 8. The Bertz CT molecular complexity index is 1200. The lowest BCUT2D eigenvalue weighted by molar-refractivity contribution is -0.139. The van der Waals surface area contributed by atoms with Crippen LogP contribution < -0.4 is 0 Å². The lowest BCUT2D eigenvalue weighted by atomic mass is 9.92. The molecule has 0 radical (unpaired) electrons. The number of hydrogen-bond donors (Lipinski definition) is 3. The first-order chi connectivity index (χ1) is 18.3. The lowest BCUT2D eigenvalue weighted by Gasteiger charge is -2.14. The number of benzene rings is 2. The maximum Gasteiger partial charge on any atom is 0.305 e. The van der Waals surface area contributed by atoms with Gasteiger partial charge < -0.3 is 24.8 Å². The SMILES string of the molecule is COCCOCn1nnc(C(/C=C/C(O)CC(O)CC(=O)O)=C(c2ccc(F)cc2)c2ccc(F)cc2)n1. The van der Waals surface area contributed by atoms with Crippen molar-refractivity contribution in [1.82, 2.24) is 20.2 Å². The van der Waals surface area contributed by atoms with Gasteiger partial charge in [0.25, 0.3) is 0 Å². The molecule has 2 aromatic carbocycles. The van der Waals surface area contributed by atoms with Crippen LogP contribution >= 0.6 is 0 Å². The van der Waals surface area contributed by atoms with Crippen molar-refractivity contribution >= 4 is 17.1 Å². The summed E-state index contributed by atoms with van der Waals surface area (Å²) < 4.78 is 37.8. The van der Waals surface area contributed by atoms with Gasteiger partial charge in [0.05, 0.1) is 31.8 Å². The third-order valence-corrected chi connectivity index (χ3v) is 5.28. The van der Waals surface area contributed by atoms with Crippen LogP contribution in [0.2, 0.25) is 0 Å². The van der Waals surface area contributed by atoms with Crippen LogP contribution in [-0.2, 0) is 21.0 Å². The average Bonchev–Trinajstić information content (AvgIpc) is 3.34. The van der Waals surface area contributed by atoms with E-state index in [0.717, 1.165) is 0 Å². The van der Waals surface area contributed by atoms with Gasteiger partial charge >= 0.3 is 5.97 Å². The first-order valence-corrected chi connectivity index (χ1v) is 11.6. The molecule has 0 spiro atoms. The smallest absolute Gasteiger partial charge is 0.305 e. The molecule has 3 aromatic rings. The Labute approximate surface area is 217 Å². The number of nitrogens with zero attached hydrogens (tertiary/aromatic N) is 4. The van der Waals surface area contributed by atoms with Gasteiger partial charge in [0, 0.05) is 24.7 Å². The van der Waals surface area contributed by atoms with Crippen LogP contribution in [0.5, 0.6) is 0 Å². The van der Waals surface area contributed by atoms with E-state index in [-0.39, 0.29) is 19.0 Å². The van der Waals surface area contributed by atoms with Gasteiger partial charge in [-0.1, -0.05) is 36.4 Å². The van der Waals surface area contributed by atoms with Gasteiger partial charge in [-0.3, -0.25) is 4.79 Å². The molecule has 0 aliphatic rings. The molecule has 0 amide bonds. The summed E-state index contributed by atoms with van der Waals surface area (Å²) in [5.74, 6) is -1.98. The molecule has 1 heterocycles. The van der Waals surface area contributed by atoms with Crippen molar-refractivity contribution in [2.75, 3.05) is 20.3 Å². The third-order valence-electron chi connectivity index (χ3n) is 5.28. The maximum atomic E-state index is 13.7. The van der Waals surface area contributed by atoms with Crippen LogP contribution in [0.4, 0.5) is 8.78 Å². The highest BCUT2D eigenvalue weighted by atomic mass is 19.1. The summed E-state index contributed by atoms with van der Waals surface area (Å²) in [6.07, 6.45) is -0.392. The molecule has 3 rings (SSSR count). The van der Waals surface area contributed by atoms with Crippen LogP contribution in [0.25, 0.3) is 11.1 Å². The first kappa shape index (κ1) is 28.7. The molecule has 10 nitrogen and oxygen atoms in total. The first-order valence-electron chi connectivity index (χ1n) is 11.6.